The zero-order valence-corrected chi connectivity index (χ0v) is 12.1. The van der Waals surface area contributed by atoms with E-state index in [1.807, 2.05) is 20.9 Å². The summed E-state index contributed by atoms with van der Waals surface area (Å²) in [6.45, 7) is 7.57. The Labute approximate surface area is 110 Å². The number of rotatable bonds is 6. The van der Waals surface area contributed by atoms with Gasteiger partial charge in [-0.15, -0.1) is 0 Å². The van der Waals surface area contributed by atoms with Crippen LogP contribution >= 0.6 is 0 Å². The molecule has 1 N–H and O–H groups in total. The SMILES string of the molecule is COC(=O)C(CN(C)C1CCOC1C)NC(C)C. The first-order valence-corrected chi connectivity index (χ1v) is 6.61. The third-order valence-electron chi connectivity index (χ3n) is 3.39. The van der Waals surface area contributed by atoms with Crippen LogP contribution in [0.25, 0.3) is 0 Å². The Balaban J connectivity index is 2.56. The molecule has 0 aromatic heterocycles. The number of nitrogens with zero attached hydrogens (tertiary/aromatic N) is 1. The van der Waals surface area contributed by atoms with E-state index in [-0.39, 0.29) is 24.2 Å². The van der Waals surface area contributed by atoms with Crippen molar-refractivity contribution >= 4 is 5.97 Å². The quantitative estimate of drug-likeness (QED) is 0.708. The van der Waals surface area contributed by atoms with Crippen molar-refractivity contribution in [2.45, 2.75) is 51.4 Å². The highest BCUT2D eigenvalue weighted by Crippen LogP contribution is 2.18. The number of ether oxygens (including phenoxy) is 2. The van der Waals surface area contributed by atoms with Gasteiger partial charge in [-0.1, -0.05) is 13.8 Å². The molecule has 0 bridgehead atoms. The molecule has 1 heterocycles. The molecule has 0 amide bonds. The molecule has 3 atom stereocenters. The Morgan fingerprint density at radius 2 is 2.22 bits per heavy atom. The van der Waals surface area contributed by atoms with Crippen molar-refractivity contribution in [2.75, 3.05) is 27.3 Å². The average Bonchev–Trinajstić information content (AvgIpc) is 2.73. The molecule has 106 valence electrons. The van der Waals surface area contributed by atoms with E-state index in [1.165, 1.54) is 7.11 Å². The maximum Gasteiger partial charge on any atom is 0.324 e. The number of likely N-dealkylation sites (N-methyl/N-ethyl adjacent to an activating group) is 1. The largest absolute Gasteiger partial charge is 0.468 e. The molecular weight excluding hydrogens is 232 g/mol. The van der Waals surface area contributed by atoms with Crippen molar-refractivity contribution < 1.29 is 14.3 Å². The predicted octanol–water partition coefficient (Wildman–Crippen LogP) is 0.635. The summed E-state index contributed by atoms with van der Waals surface area (Å²) in [4.78, 5) is 13.9. The molecule has 1 fully saturated rings. The van der Waals surface area contributed by atoms with E-state index in [1.54, 1.807) is 0 Å². The number of hydrogen-bond acceptors (Lipinski definition) is 5. The van der Waals surface area contributed by atoms with Gasteiger partial charge in [0.25, 0.3) is 0 Å². The van der Waals surface area contributed by atoms with Crippen LogP contribution in [0.4, 0.5) is 0 Å². The molecule has 1 aliphatic rings. The van der Waals surface area contributed by atoms with E-state index in [4.69, 9.17) is 9.47 Å². The van der Waals surface area contributed by atoms with E-state index in [9.17, 15) is 4.79 Å². The van der Waals surface area contributed by atoms with Crippen molar-refractivity contribution in [1.29, 1.82) is 0 Å². The highest BCUT2D eigenvalue weighted by molar-refractivity contribution is 5.76. The number of nitrogens with one attached hydrogen (secondary N) is 1. The lowest BCUT2D eigenvalue weighted by atomic mass is 10.1. The van der Waals surface area contributed by atoms with Crippen LogP contribution in [-0.2, 0) is 14.3 Å². The molecule has 0 spiro atoms. The topological polar surface area (TPSA) is 50.8 Å². The smallest absolute Gasteiger partial charge is 0.324 e. The number of methoxy groups -OCH3 is 1. The summed E-state index contributed by atoms with van der Waals surface area (Å²) in [5.41, 5.74) is 0. The molecule has 5 heteroatoms. The molecule has 0 saturated carbocycles. The van der Waals surface area contributed by atoms with Gasteiger partial charge >= 0.3 is 5.97 Å². The number of esters is 1. The van der Waals surface area contributed by atoms with Crippen LogP contribution in [0.5, 0.6) is 0 Å². The molecule has 0 radical (unpaired) electrons. The van der Waals surface area contributed by atoms with Crippen LogP contribution in [0, 0.1) is 0 Å². The Morgan fingerprint density at radius 3 is 2.67 bits per heavy atom. The van der Waals surface area contributed by atoms with E-state index < -0.39 is 0 Å². The Hall–Kier alpha value is -0.650. The molecule has 0 aromatic carbocycles. The van der Waals surface area contributed by atoms with Crippen LogP contribution in [0.15, 0.2) is 0 Å². The first-order chi connectivity index (χ1) is 8.45. The molecular formula is C13H26N2O3. The standard InChI is InChI=1S/C13H26N2O3/c1-9(2)14-11(13(16)17-5)8-15(4)12-6-7-18-10(12)3/h9-12,14H,6-8H2,1-5H3. The van der Waals surface area contributed by atoms with Gasteiger partial charge in [0.15, 0.2) is 0 Å². The summed E-state index contributed by atoms with van der Waals surface area (Å²) in [7, 11) is 3.46. The van der Waals surface area contributed by atoms with Gasteiger partial charge in [-0.3, -0.25) is 9.69 Å². The summed E-state index contributed by atoms with van der Waals surface area (Å²) >= 11 is 0. The van der Waals surface area contributed by atoms with E-state index in [0.717, 1.165) is 13.0 Å². The van der Waals surface area contributed by atoms with Gasteiger partial charge in [0.1, 0.15) is 6.04 Å². The highest BCUT2D eigenvalue weighted by Gasteiger charge is 2.31. The van der Waals surface area contributed by atoms with Crippen molar-refractivity contribution in [3.63, 3.8) is 0 Å². The lowest BCUT2D eigenvalue weighted by molar-refractivity contribution is -0.144. The molecule has 18 heavy (non-hydrogen) atoms. The normalized spacial score (nSPS) is 25.7. The van der Waals surface area contributed by atoms with Crippen LogP contribution in [0.2, 0.25) is 0 Å². The van der Waals surface area contributed by atoms with E-state index in [2.05, 4.69) is 17.1 Å². The van der Waals surface area contributed by atoms with Crippen LogP contribution in [-0.4, -0.2) is 62.4 Å². The second-order valence-corrected chi connectivity index (χ2v) is 5.27. The summed E-state index contributed by atoms with van der Waals surface area (Å²) in [5.74, 6) is -0.206. The van der Waals surface area contributed by atoms with Gasteiger partial charge in [-0.05, 0) is 20.4 Å². The summed E-state index contributed by atoms with van der Waals surface area (Å²) in [6, 6.07) is 0.346. The van der Waals surface area contributed by atoms with Crippen LogP contribution in [0.3, 0.4) is 0 Å². The van der Waals surface area contributed by atoms with Crippen molar-refractivity contribution in [1.82, 2.24) is 10.2 Å². The van der Waals surface area contributed by atoms with Gasteiger partial charge in [-0.2, -0.15) is 0 Å². The minimum absolute atomic E-state index is 0.206. The molecule has 5 nitrogen and oxygen atoms in total. The summed E-state index contributed by atoms with van der Waals surface area (Å²) in [6.07, 6.45) is 1.25. The molecule has 0 aliphatic carbocycles. The maximum atomic E-state index is 11.7. The number of hydrogen-bond donors (Lipinski definition) is 1. The predicted molar refractivity (Wildman–Crippen MR) is 70.5 cm³/mol. The molecule has 0 aromatic rings. The second kappa shape index (κ2) is 7.07. The molecule has 3 unspecified atom stereocenters. The zero-order chi connectivity index (χ0) is 13.7. The Morgan fingerprint density at radius 1 is 1.56 bits per heavy atom. The fourth-order valence-corrected chi connectivity index (χ4v) is 2.46. The highest BCUT2D eigenvalue weighted by atomic mass is 16.5. The van der Waals surface area contributed by atoms with E-state index in [0.29, 0.717) is 12.6 Å². The van der Waals surface area contributed by atoms with Gasteiger partial charge in [-0.25, -0.2) is 0 Å². The minimum atomic E-state index is -0.284. The molecule has 1 aliphatic heterocycles. The maximum absolute atomic E-state index is 11.7. The van der Waals surface area contributed by atoms with Crippen LogP contribution in [0.1, 0.15) is 27.2 Å². The lowest BCUT2D eigenvalue weighted by Crippen LogP contribution is -2.51. The number of carbonyl (C=O) groups excluding carboxylic acids is 1. The second-order valence-electron chi connectivity index (χ2n) is 5.27. The third-order valence-corrected chi connectivity index (χ3v) is 3.39. The van der Waals surface area contributed by atoms with E-state index >= 15 is 0 Å². The fourth-order valence-electron chi connectivity index (χ4n) is 2.46. The average molecular weight is 258 g/mol. The minimum Gasteiger partial charge on any atom is -0.468 e. The summed E-state index contributed by atoms with van der Waals surface area (Å²) in [5, 5.41) is 3.24. The first kappa shape index (κ1) is 15.4. The van der Waals surface area contributed by atoms with Crippen molar-refractivity contribution in [3.8, 4) is 0 Å². The fraction of sp³-hybridized carbons (Fsp3) is 0.923. The Kier molecular flexibility index (Phi) is 6.05. The summed E-state index contributed by atoms with van der Waals surface area (Å²) < 4.78 is 10.4. The van der Waals surface area contributed by atoms with Crippen molar-refractivity contribution in [2.24, 2.45) is 0 Å². The third kappa shape index (κ3) is 4.23. The van der Waals surface area contributed by atoms with Crippen molar-refractivity contribution in [3.05, 3.63) is 0 Å². The van der Waals surface area contributed by atoms with Gasteiger partial charge in [0.2, 0.25) is 0 Å². The molecule has 1 saturated heterocycles. The number of carbonyl (C=O) groups is 1. The van der Waals surface area contributed by atoms with Gasteiger partial charge < -0.3 is 14.8 Å². The van der Waals surface area contributed by atoms with Gasteiger partial charge in [0, 0.05) is 25.2 Å². The monoisotopic (exact) mass is 258 g/mol. The first-order valence-electron chi connectivity index (χ1n) is 6.61. The Bertz CT molecular complexity index is 271. The zero-order valence-electron chi connectivity index (χ0n) is 12.1. The van der Waals surface area contributed by atoms with Crippen LogP contribution < -0.4 is 5.32 Å². The molecule has 1 rings (SSSR count). The van der Waals surface area contributed by atoms with Gasteiger partial charge in [0.05, 0.1) is 13.2 Å². The lowest BCUT2D eigenvalue weighted by Gasteiger charge is -2.30.